The zero-order valence-corrected chi connectivity index (χ0v) is 58.0. The monoisotopic (exact) mass is 1210 g/mol. The van der Waals surface area contributed by atoms with E-state index >= 15 is 0 Å². The fourth-order valence-electron chi connectivity index (χ4n) is 11.4. The number of carbonyl (C=O) groups is 3. The van der Waals surface area contributed by atoms with Crippen molar-refractivity contribution < 1.29 is 42.9 Å². The van der Waals surface area contributed by atoms with E-state index in [1.807, 2.05) is 21.1 Å². The van der Waals surface area contributed by atoms with Gasteiger partial charge >= 0.3 is 17.9 Å². The van der Waals surface area contributed by atoms with E-state index in [0.29, 0.717) is 17.4 Å². The Labute approximate surface area is 534 Å². The summed E-state index contributed by atoms with van der Waals surface area (Å²) in [6, 6.07) is 0. The minimum absolute atomic E-state index is 0.175. The molecule has 506 valence electrons. The molecule has 0 aromatic heterocycles. The van der Waals surface area contributed by atoms with Crippen molar-refractivity contribution in [2.75, 3.05) is 47.5 Å². The minimum Gasteiger partial charge on any atom is -0.477 e. The molecule has 0 aliphatic carbocycles. The number of carboxylic acids is 1. The number of carboxylic acid groups (broad SMARTS) is 1. The Hall–Kier alpha value is -2.49. The molecule has 1 N–H and O–H groups in total. The summed E-state index contributed by atoms with van der Waals surface area (Å²) >= 11 is 0. The number of carbonyl (C=O) groups excluding carboxylic acids is 2. The van der Waals surface area contributed by atoms with Crippen LogP contribution in [0.1, 0.15) is 380 Å². The normalized spacial score (nSPS) is 12.8. The summed E-state index contributed by atoms with van der Waals surface area (Å²) in [5, 5.41) is 9.76. The van der Waals surface area contributed by atoms with Crippen LogP contribution in [0, 0.1) is 0 Å². The molecule has 0 aromatic carbocycles. The van der Waals surface area contributed by atoms with Gasteiger partial charge in [-0.3, -0.25) is 9.59 Å². The molecule has 0 radical (unpaired) electrons. The molecule has 9 nitrogen and oxygen atoms in total. The zero-order chi connectivity index (χ0) is 62.6. The van der Waals surface area contributed by atoms with Gasteiger partial charge in [-0.15, -0.1) is 0 Å². The molecule has 0 rings (SSSR count). The number of likely N-dealkylation sites (N-methyl/N-ethyl adjacent to an activating group) is 1. The predicted molar refractivity (Wildman–Crippen MR) is 369 cm³/mol. The van der Waals surface area contributed by atoms with E-state index in [2.05, 4.69) is 50.3 Å². The van der Waals surface area contributed by atoms with E-state index in [0.717, 1.165) is 51.4 Å². The minimum atomic E-state index is -1.51. The van der Waals surface area contributed by atoms with Crippen LogP contribution in [0.2, 0.25) is 0 Å². The van der Waals surface area contributed by atoms with Crippen LogP contribution < -0.4 is 0 Å². The van der Waals surface area contributed by atoms with Crippen molar-refractivity contribution >= 4 is 17.9 Å². The second-order valence-corrected chi connectivity index (χ2v) is 27.0. The largest absolute Gasteiger partial charge is 0.477 e. The van der Waals surface area contributed by atoms with E-state index in [1.165, 1.54) is 302 Å². The average Bonchev–Trinajstić information content (AvgIpc) is 3.64. The summed E-state index contributed by atoms with van der Waals surface area (Å²) < 4.78 is 23.0. The number of hydrogen-bond acceptors (Lipinski definition) is 7. The highest BCUT2D eigenvalue weighted by atomic mass is 16.7. The summed E-state index contributed by atoms with van der Waals surface area (Å²) in [6.45, 7) is 4.94. The fraction of sp³-hybridized carbons (Fsp3) is 0.883. The van der Waals surface area contributed by atoms with Gasteiger partial charge < -0.3 is 28.5 Å². The number of allylic oxidation sites excluding steroid dienone is 6. The maximum Gasteiger partial charge on any atom is 0.361 e. The van der Waals surface area contributed by atoms with E-state index in [4.69, 9.17) is 18.9 Å². The maximum atomic E-state index is 13.0. The molecule has 0 saturated carbocycles. The van der Waals surface area contributed by atoms with Gasteiger partial charge in [-0.25, -0.2) is 4.79 Å². The summed E-state index contributed by atoms with van der Waals surface area (Å²) in [6.07, 6.45) is 84.2. The topological polar surface area (TPSA) is 108 Å². The first kappa shape index (κ1) is 83.5. The summed E-state index contributed by atoms with van der Waals surface area (Å²) in [5.74, 6) is -1.97. The third-order valence-corrected chi connectivity index (χ3v) is 17.1. The van der Waals surface area contributed by atoms with E-state index < -0.39 is 18.4 Å². The molecule has 2 unspecified atom stereocenters. The Kier molecular flexibility index (Phi) is 66.4. The highest BCUT2D eigenvalue weighted by Crippen LogP contribution is 2.19. The first-order valence-electron chi connectivity index (χ1n) is 37.7. The van der Waals surface area contributed by atoms with Crippen LogP contribution in [0.25, 0.3) is 0 Å². The molecule has 0 aliphatic heterocycles. The summed E-state index contributed by atoms with van der Waals surface area (Å²) in [5.41, 5.74) is 0. The first-order valence-corrected chi connectivity index (χ1v) is 37.7. The van der Waals surface area contributed by atoms with Crippen molar-refractivity contribution in [3.63, 3.8) is 0 Å². The Bertz CT molecular complexity index is 1500. The highest BCUT2D eigenvalue weighted by Gasteiger charge is 2.25. The number of aliphatic carboxylic acids is 1. The molecule has 0 bridgehead atoms. The number of hydrogen-bond donors (Lipinski definition) is 1. The van der Waals surface area contributed by atoms with Gasteiger partial charge in [-0.1, -0.05) is 352 Å². The molecular formula is C77H146NO8+. The average molecular weight is 1210 g/mol. The van der Waals surface area contributed by atoms with E-state index in [9.17, 15) is 19.5 Å². The number of rotatable bonds is 71. The van der Waals surface area contributed by atoms with Gasteiger partial charge in [-0.2, -0.15) is 0 Å². The molecule has 0 amide bonds. The van der Waals surface area contributed by atoms with Crippen LogP contribution in [-0.2, 0) is 33.3 Å². The van der Waals surface area contributed by atoms with E-state index in [1.54, 1.807) is 0 Å². The van der Waals surface area contributed by atoms with Crippen molar-refractivity contribution in [2.45, 2.75) is 392 Å². The number of ether oxygens (including phenoxy) is 4. The Morgan fingerprint density at radius 3 is 0.930 bits per heavy atom. The lowest BCUT2D eigenvalue weighted by molar-refractivity contribution is -0.870. The lowest BCUT2D eigenvalue weighted by atomic mass is 10.0. The fourth-order valence-corrected chi connectivity index (χ4v) is 11.4. The van der Waals surface area contributed by atoms with E-state index in [-0.39, 0.29) is 38.2 Å². The molecule has 0 fully saturated rings. The quantitative estimate of drug-likeness (QED) is 0.0211. The van der Waals surface area contributed by atoms with Crippen LogP contribution in [0.3, 0.4) is 0 Å². The molecular weight excluding hydrogens is 1070 g/mol. The van der Waals surface area contributed by atoms with Gasteiger partial charge in [0.1, 0.15) is 13.2 Å². The maximum absolute atomic E-state index is 13.0. The number of nitrogens with zero attached hydrogens (tertiary/aromatic N) is 1. The second kappa shape index (κ2) is 68.4. The number of esters is 2. The van der Waals surface area contributed by atoms with Crippen molar-refractivity contribution in [3.05, 3.63) is 36.5 Å². The molecule has 0 aliphatic rings. The van der Waals surface area contributed by atoms with Crippen LogP contribution >= 0.6 is 0 Å². The van der Waals surface area contributed by atoms with Gasteiger partial charge in [0.2, 0.25) is 0 Å². The van der Waals surface area contributed by atoms with Crippen molar-refractivity contribution in [3.8, 4) is 0 Å². The highest BCUT2D eigenvalue weighted by molar-refractivity contribution is 5.71. The van der Waals surface area contributed by atoms with Crippen LogP contribution in [-0.4, -0.2) is 87.4 Å². The van der Waals surface area contributed by atoms with Crippen LogP contribution in [0.5, 0.6) is 0 Å². The van der Waals surface area contributed by atoms with Crippen molar-refractivity contribution in [1.29, 1.82) is 0 Å². The Morgan fingerprint density at radius 1 is 0.349 bits per heavy atom. The summed E-state index contributed by atoms with van der Waals surface area (Å²) in [7, 11) is 5.99. The third-order valence-electron chi connectivity index (χ3n) is 17.1. The smallest absolute Gasteiger partial charge is 0.361 e. The second-order valence-electron chi connectivity index (χ2n) is 27.0. The number of quaternary nitrogens is 1. The molecule has 9 heteroatoms. The third kappa shape index (κ3) is 69.0. The molecule has 86 heavy (non-hydrogen) atoms. The van der Waals surface area contributed by atoms with Gasteiger partial charge in [0.25, 0.3) is 6.29 Å². The predicted octanol–water partition coefficient (Wildman–Crippen LogP) is 23.5. The molecule has 2 atom stereocenters. The number of unbranched alkanes of at least 4 members (excludes halogenated alkanes) is 50. The molecule has 0 heterocycles. The molecule has 0 spiro atoms. The van der Waals surface area contributed by atoms with Crippen molar-refractivity contribution in [1.82, 2.24) is 0 Å². The Balaban J connectivity index is 4.02. The molecule has 0 saturated heterocycles. The van der Waals surface area contributed by atoms with Gasteiger partial charge in [0, 0.05) is 12.8 Å². The molecule has 0 aromatic rings. The van der Waals surface area contributed by atoms with Crippen LogP contribution in [0.4, 0.5) is 0 Å². The zero-order valence-electron chi connectivity index (χ0n) is 58.0. The summed E-state index contributed by atoms with van der Waals surface area (Å²) in [4.78, 5) is 37.7. The van der Waals surface area contributed by atoms with Gasteiger partial charge in [-0.05, 0) is 51.4 Å². The lowest BCUT2D eigenvalue weighted by Crippen LogP contribution is -2.40. The standard InChI is InChI=1S/C77H145NO8/c1-6-8-10-12-14-16-18-20-22-24-26-28-30-32-34-36-37-38-39-40-42-44-46-48-50-52-54-56-58-60-62-64-66-68-75(80)86-73(72-85-77(76(81)82)83-70-69-78(3,4)5)71-84-74(79)67-65-63-61-59-57-55-53-51-49-47-45-43-41-35-33-31-29-27-25-23-21-19-17-15-13-11-9-7-2/h18,20,24,26,30,32,73,77H,6-17,19,21-23,25,27-29,31,33-72H2,1-5H3/p+1/b20-18-,26-24-,32-30-. The van der Waals surface area contributed by atoms with Crippen molar-refractivity contribution in [2.24, 2.45) is 0 Å². The van der Waals surface area contributed by atoms with Gasteiger partial charge in [0.15, 0.2) is 6.10 Å². The van der Waals surface area contributed by atoms with Gasteiger partial charge in [0.05, 0.1) is 34.4 Å². The van der Waals surface area contributed by atoms with Crippen LogP contribution in [0.15, 0.2) is 36.5 Å². The lowest BCUT2D eigenvalue weighted by Gasteiger charge is -2.25. The Morgan fingerprint density at radius 2 is 0.628 bits per heavy atom. The first-order chi connectivity index (χ1) is 42.1. The SMILES string of the molecule is CCCCCCC/C=C\C/C=C\C/C=C\CCCCCCCCCCCCCCCCCCCCC(=O)OC(COC(=O)CCCCCCCCCCCCCCCCCCCCCCCCCCCCCC)COC(OCC[N+](C)(C)C)C(=O)O.